The molecule has 0 spiro atoms. The van der Waals surface area contributed by atoms with Gasteiger partial charge in [-0.05, 0) is 7.05 Å². The summed E-state index contributed by atoms with van der Waals surface area (Å²) in [7, 11) is 5.36. The summed E-state index contributed by atoms with van der Waals surface area (Å²) in [6.45, 7) is 1.09. The molecule has 1 rings (SSSR count). The Hall–Kier alpha value is -0.650. The van der Waals surface area contributed by atoms with E-state index in [4.69, 9.17) is 4.74 Å². The maximum Gasteiger partial charge on any atom is 0.257 e. The number of likely N-dealkylation sites (N-methyl/N-ethyl adjacent to an activating group) is 1. The minimum Gasteiger partial charge on any atom is -0.379 e. The average Bonchev–Trinajstić information content (AvgIpc) is 2.51. The Bertz CT molecular complexity index is 188. The molecule has 0 aromatic carbocycles. The van der Waals surface area contributed by atoms with E-state index in [1.807, 2.05) is 0 Å². The monoisotopic (exact) mass is 187 g/mol. The third-order valence-corrected chi connectivity index (χ3v) is 2.26. The van der Waals surface area contributed by atoms with Crippen LogP contribution >= 0.6 is 0 Å². The minimum atomic E-state index is -0.537. The highest BCUT2D eigenvalue weighted by Crippen LogP contribution is 2.17. The van der Waals surface area contributed by atoms with Crippen molar-refractivity contribution in [2.75, 3.05) is 34.4 Å². The highest BCUT2D eigenvalue weighted by molar-refractivity contribution is 5.86. The van der Waals surface area contributed by atoms with E-state index in [2.05, 4.69) is 10.7 Å². The smallest absolute Gasteiger partial charge is 0.257 e. The molecule has 76 valence electrons. The molecule has 1 saturated heterocycles. The van der Waals surface area contributed by atoms with E-state index in [1.54, 1.807) is 26.2 Å². The number of carbonyl (C=O) groups excluding carboxylic acids is 1. The van der Waals surface area contributed by atoms with Crippen LogP contribution in [-0.2, 0) is 9.53 Å². The molecular formula is C8H17N3O2. The highest BCUT2D eigenvalue weighted by atomic mass is 16.5. The second kappa shape index (κ2) is 4.04. The minimum absolute atomic E-state index is 0.0301. The van der Waals surface area contributed by atoms with Crippen molar-refractivity contribution in [3.8, 4) is 0 Å². The lowest BCUT2D eigenvalue weighted by molar-refractivity contribution is -0.131. The lowest BCUT2D eigenvalue weighted by Gasteiger charge is -2.27. The molecule has 1 aliphatic rings. The summed E-state index contributed by atoms with van der Waals surface area (Å²) < 4.78 is 5.21. The first kappa shape index (κ1) is 10.4. The van der Waals surface area contributed by atoms with E-state index in [0.717, 1.165) is 6.42 Å². The Morgan fingerprint density at radius 2 is 2.23 bits per heavy atom. The Kier molecular flexibility index (Phi) is 3.24. The molecule has 0 radical (unpaired) electrons. The van der Waals surface area contributed by atoms with Crippen LogP contribution in [0.4, 0.5) is 0 Å². The topological polar surface area (TPSA) is 53.6 Å². The van der Waals surface area contributed by atoms with Crippen LogP contribution < -0.4 is 10.7 Å². The molecule has 1 fully saturated rings. The fourth-order valence-electron chi connectivity index (χ4n) is 1.36. The summed E-state index contributed by atoms with van der Waals surface area (Å²) in [5.41, 5.74) is 2.19. The molecule has 5 heteroatoms. The van der Waals surface area contributed by atoms with Crippen molar-refractivity contribution in [1.82, 2.24) is 15.8 Å². The van der Waals surface area contributed by atoms with Crippen molar-refractivity contribution >= 4 is 5.91 Å². The van der Waals surface area contributed by atoms with Crippen molar-refractivity contribution in [3.63, 3.8) is 0 Å². The third kappa shape index (κ3) is 2.18. The van der Waals surface area contributed by atoms with Gasteiger partial charge in [-0.1, -0.05) is 0 Å². The van der Waals surface area contributed by atoms with Crippen LogP contribution in [0, 0.1) is 0 Å². The molecule has 5 nitrogen and oxygen atoms in total. The predicted octanol–water partition coefficient (Wildman–Crippen LogP) is -1.04. The molecule has 1 amide bonds. The number of ether oxygens (including phenoxy) is 1. The summed E-state index contributed by atoms with van der Waals surface area (Å²) in [5, 5.41) is 4.66. The van der Waals surface area contributed by atoms with Crippen LogP contribution in [0.5, 0.6) is 0 Å². The van der Waals surface area contributed by atoms with Gasteiger partial charge in [0.2, 0.25) is 0 Å². The Balaban J connectivity index is 2.60. The average molecular weight is 187 g/mol. The fraction of sp³-hybridized carbons (Fsp3) is 0.875. The molecule has 2 N–H and O–H groups in total. The molecule has 1 unspecified atom stereocenters. The largest absolute Gasteiger partial charge is 0.379 e. The van der Waals surface area contributed by atoms with Gasteiger partial charge < -0.3 is 10.1 Å². The summed E-state index contributed by atoms with van der Waals surface area (Å²) >= 11 is 0. The van der Waals surface area contributed by atoms with Gasteiger partial charge in [-0.15, -0.1) is 0 Å². The van der Waals surface area contributed by atoms with Crippen LogP contribution in [0.3, 0.4) is 0 Å². The molecule has 0 aliphatic carbocycles. The molecule has 0 bridgehead atoms. The van der Waals surface area contributed by atoms with Crippen LogP contribution in [0.2, 0.25) is 0 Å². The van der Waals surface area contributed by atoms with Crippen molar-refractivity contribution < 1.29 is 9.53 Å². The molecule has 1 heterocycles. The zero-order valence-corrected chi connectivity index (χ0v) is 8.39. The summed E-state index contributed by atoms with van der Waals surface area (Å²) in [5.74, 6) is -0.0301. The van der Waals surface area contributed by atoms with E-state index in [0.29, 0.717) is 13.2 Å². The predicted molar refractivity (Wildman–Crippen MR) is 49.1 cm³/mol. The van der Waals surface area contributed by atoms with Crippen molar-refractivity contribution in [2.24, 2.45) is 0 Å². The van der Waals surface area contributed by atoms with Gasteiger partial charge in [0.15, 0.2) is 0 Å². The van der Waals surface area contributed by atoms with Gasteiger partial charge >= 0.3 is 0 Å². The zero-order valence-electron chi connectivity index (χ0n) is 8.39. The molecule has 0 aromatic heterocycles. The van der Waals surface area contributed by atoms with Gasteiger partial charge in [0.1, 0.15) is 5.54 Å². The van der Waals surface area contributed by atoms with E-state index >= 15 is 0 Å². The van der Waals surface area contributed by atoms with Gasteiger partial charge in [-0.25, -0.2) is 5.01 Å². The maximum atomic E-state index is 11.7. The number of nitrogens with zero attached hydrogens (tertiary/aromatic N) is 1. The molecule has 1 atom stereocenters. The second-order valence-electron chi connectivity index (χ2n) is 3.47. The van der Waals surface area contributed by atoms with Gasteiger partial charge in [-0.3, -0.25) is 10.2 Å². The second-order valence-corrected chi connectivity index (χ2v) is 3.47. The first-order valence-corrected chi connectivity index (χ1v) is 4.36. The van der Waals surface area contributed by atoms with Crippen LogP contribution in [0.1, 0.15) is 6.42 Å². The number of hydrogen-bond donors (Lipinski definition) is 2. The fourth-order valence-corrected chi connectivity index (χ4v) is 1.36. The molecular weight excluding hydrogens is 170 g/mol. The SMILES string of the molecule is CNC1(C(=O)NN(C)C)CCOC1. The highest BCUT2D eigenvalue weighted by Gasteiger charge is 2.40. The van der Waals surface area contributed by atoms with E-state index in [9.17, 15) is 4.79 Å². The first-order valence-electron chi connectivity index (χ1n) is 4.36. The Morgan fingerprint density at radius 3 is 2.62 bits per heavy atom. The summed E-state index contributed by atoms with van der Waals surface area (Å²) in [6.07, 6.45) is 0.725. The normalized spacial score (nSPS) is 28.0. The van der Waals surface area contributed by atoms with Crippen LogP contribution in [0.15, 0.2) is 0 Å². The van der Waals surface area contributed by atoms with E-state index < -0.39 is 5.54 Å². The van der Waals surface area contributed by atoms with Crippen molar-refractivity contribution in [1.29, 1.82) is 0 Å². The summed E-state index contributed by atoms with van der Waals surface area (Å²) in [6, 6.07) is 0. The lowest BCUT2D eigenvalue weighted by atomic mass is 9.98. The van der Waals surface area contributed by atoms with Gasteiger partial charge in [0.05, 0.1) is 6.61 Å². The quantitative estimate of drug-likeness (QED) is 0.554. The number of hydrogen-bond acceptors (Lipinski definition) is 4. The van der Waals surface area contributed by atoms with Gasteiger partial charge in [-0.2, -0.15) is 0 Å². The first-order chi connectivity index (χ1) is 6.10. The molecule has 0 aromatic rings. The Labute approximate surface area is 78.4 Å². The molecule has 1 aliphatic heterocycles. The van der Waals surface area contributed by atoms with Crippen molar-refractivity contribution in [2.45, 2.75) is 12.0 Å². The van der Waals surface area contributed by atoms with Crippen molar-refractivity contribution in [3.05, 3.63) is 0 Å². The molecule has 0 saturated carbocycles. The van der Waals surface area contributed by atoms with E-state index in [-0.39, 0.29) is 5.91 Å². The van der Waals surface area contributed by atoms with Gasteiger partial charge in [0, 0.05) is 27.1 Å². The number of hydrazine groups is 1. The number of carbonyl (C=O) groups is 1. The number of rotatable bonds is 3. The van der Waals surface area contributed by atoms with E-state index in [1.165, 1.54) is 0 Å². The number of nitrogens with one attached hydrogen (secondary N) is 2. The maximum absolute atomic E-state index is 11.7. The number of amides is 1. The van der Waals surface area contributed by atoms with Gasteiger partial charge in [0.25, 0.3) is 5.91 Å². The zero-order chi connectivity index (χ0) is 9.90. The summed E-state index contributed by atoms with van der Waals surface area (Å²) in [4.78, 5) is 11.7. The lowest BCUT2D eigenvalue weighted by Crippen LogP contribution is -2.58. The standard InChI is InChI=1S/C8H17N3O2/c1-9-8(4-5-13-6-8)7(12)10-11(2)3/h9H,4-6H2,1-3H3,(H,10,12). The van der Waals surface area contributed by atoms with Crippen LogP contribution in [0.25, 0.3) is 0 Å². The van der Waals surface area contributed by atoms with Crippen LogP contribution in [-0.4, -0.2) is 50.8 Å². The molecule has 13 heavy (non-hydrogen) atoms. The Morgan fingerprint density at radius 1 is 1.54 bits per heavy atom. The third-order valence-electron chi connectivity index (χ3n) is 2.26.